The lowest BCUT2D eigenvalue weighted by molar-refractivity contribution is 0.867. The minimum absolute atomic E-state index is 0. The quantitative estimate of drug-likeness (QED) is 0.659. The maximum Gasteiger partial charge on any atom is 0.159 e. The summed E-state index contributed by atoms with van der Waals surface area (Å²) in [6.07, 6.45) is 0. The van der Waals surface area contributed by atoms with Gasteiger partial charge in [-0.2, -0.15) is 0 Å². The Labute approximate surface area is 108 Å². The van der Waals surface area contributed by atoms with Crippen molar-refractivity contribution in [1.29, 1.82) is 0 Å². The van der Waals surface area contributed by atoms with Crippen molar-refractivity contribution in [1.82, 2.24) is 0 Å². The van der Waals surface area contributed by atoms with Crippen LogP contribution in [0.5, 0.6) is 0 Å². The van der Waals surface area contributed by atoms with E-state index < -0.39 is 0 Å². The van der Waals surface area contributed by atoms with Crippen LogP contribution in [-0.4, -0.2) is 10.9 Å². The highest BCUT2D eigenvalue weighted by molar-refractivity contribution is 8.13. The van der Waals surface area contributed by atoms with E-state index in [-0.39, 0.29) is 12.4 Å². The third-order valence-corrected chi connectivity index (χ3v) is 2.76. The molecule has 0 aliphatic carbocycles. The minimum Gasteiger partial charge on any atom is -0.378 e. The van der Waals surface area contributed by atoms with Crippen LogP contribution in [-0.2, 0) is 0 Å². The monoisotopic (exact) mass is 258 g/mol. The van der Waals surface area contributed by atoms with Gasteiger partial charge in [0.25, 0.3) is 0 Å². The normalized spacial score (nSPS) is 11.4. The molecule has 0 atom stereocenters. The predicted molar refractivity (Wildman–Crippen MR) is 77.2 cm³/mol. The molecule has 2 nitrogen and oxygen atoms in total. The number of nitrogens with two attached hydrogens (primary N) is 1. The molecule has 4 heteroatoms. The van der Waals surface area contributed by atoms with Gasteiger partial charge in [-0.15, -0.1) is 12.4 Å². The van der Waals surface area contributed by atoms with E-state index in [0.717, 1.165) is 11.4 Å². The molecule has 0 aliphatic rings. The molecule has 0 aromatic heterocycles. The number of nitrogens with zero attached hydrogens (tertiary/aromatic N) is 1. The lowest BCUT2D eigenvalue weighted by Crippen LogP contribution is -2.06. The first-order valence-electron chi connectivity index (χ1n) is 5.21. The van der Waals surface area contributed by atoms with Gasteiger partial charge in [0.15, 0.2) is 5.17 Å². The van der Waals surface area contributed by atoms with E-state index in [4.69, 9.17) is 5.73 Å². The highest BCUT2D eigenvalue weighted by atomic mass is 35.5. The van der Waals surface area contributed by atoms with E-state index in [0.29, 0.717) is 11.1 Å². The molecule has 1 aromatic rings. The molecule has 0 fully saturated rings. The smallest absolute Gasteiger partial charge is 0.159 e. The van der Waals surface area contributed by atoms with Gasteiger partial charge in [-0.25, -0.2) is 4.99 Å². The molecule has 0 radical (unpaired) electrons. The van der Waals surface area contributed by atoms with Crippen LogP contribution in [0.1, 0.15) is 32.3 Å². The molecule has 0 spiro atoms. The van der Waals surface area contributed by atoms with Gasteiger partial charge in [0, 0.05) is 0 Å². The molecule has 0 heterocycles. The van der Waals surface area contributed by atoms with Gasteiger partial charge in [-0.05, 0) is 23.3 Å². The van der Waals surface area contributed by atoms with E-state index in [1.54, 1.807) is 11.8 Å². The Kier molecular flexibility index (Phi) is 7.26. The Bertz CT molecular complexity index is 351. The lowest BCUT2D eigenvalue weighted by atomic mass is 10.0. The van der Waals surface area contributed by atoms with Crippen molar-refractivity contribution in [2.45, 2.75) is 26.7 Å². The van der Waals surface area contributed by atoms with E-state index in [1.165, 1.54) is 5.56 Å². The third kappa shape index (κ3) is 4.45. The minimum atomic E-state index is 0. The SMILES string of the molecule is CCSC(N)=Nc1ccccc1C(C)C.Cl. The first-order chi connectivity index (χ1) is 7.15. The second-order valence-electron chi connectivity index (χ2n) is 3.60. The van der Waals surface area contributed by atoms with E-state index in [1.807, 2.05) is 18.2 Å². The van der Waals surface area contributed by atoms with Gasteiger partial charge in [-0.3, -0.25) is 0 Å². The number of thioether (sulfide) groups is 1. The van der Waals surface area contributed by atoms with Crippen molar-refractivity contribution in [2.75, 3.05) is 5.75 Å². The molecule has 0 saturated heterocycles. The molecule has 1 rings (SSSR count). The van der Waals surface area contributed by atoms with Crippen LogP contribution < -0.4 is 5.73 Å². The molecule has 16 heavy (non-hydrogen) atoms. The van der Waals surface area contributed by atoms with Gasteiger partial charge < -0.3 is 5.73 Å². The van der Waals surface area contributed by atoms with Gasteiger partial charge in [0.2, 0.25) is 0 Å². The predicted octanol–water partition coefficient (Wildman–Crippen LogP) is 3.93. The Morgan fingerprint density at radius 3 is 2.56 bits per heavy atom. The number of rotatable bonds is 3. The highest BCUT2D eigenvalue weighted by Gasteiger charge is 2.04. The maximum atomic E-state index is 5.80. The zero-order chi connectivity index (χ0) is 11.3. The number of hydrogen-bond donors (Lipinski definition) is 1. The molecule has 1 aromatic carbocycles. The molecule has 0 amide bonds. The fourth-order valence-corrected chi connectivity index (χ4v) is 1.84. The summed E-state index contributed by atoms with van der Waals surface area (Å²) < 4.78 is 0. The number of para-hydroxylation sites is 1. The molecular weight excluding hydrogens is 240 g/mol. The van der Waals surface area contributed by atoms with Gasteiger partial charge in [0.05, 0.1) is 5.69 Å². The van der Waals surface area contributed by atoms with Crippen LogP contribution >= 0.6 is 24.2 Å². The van der Waals surface area contributed by atoms with Crippen molar-refractivity contribution < 1.29 is 0 Å². The summed E-state index contributed by atoms with van der Waals surface area (Å²) in [5.41, 5.74) is 8.04. The van der Waals surface area contributed by atoms with E-state index >= 15 is 0 Å². The van der Waals surface area contributed by atoms with E-state index in [2.05, 4.69) is 31.8 Å². The second-order valence-corrected chi connectivity index (χ2v) is 4.88. The van der Waals surface area contributed by atoms with Crippen LogP contribution in [0.2, 0.25) is 0 Å². The molecule has 0 unspecified atom stereocenters. The average molecular weight is 259 g/mol. The topological polar surface area (TPSA) is 38.4 Å². The number of benzene rings is 1. The van der Waals surface area contributed by atoms with Crippen LogP contribution in [0.3, 0.4) is 0 Å². The number of aliphatic imine (C=N–C) groups is 1. The van der Waals surface area contributed by atoms with Gasteiger partial charge >= 0.3 is 0 Å². The Morgan fingerprint density at radius 2 is 2.00 bits per heavy atom. The van der Waals surface area contributed by atoms with Crippen LogP contribution in [0.25, 0.3) is 0 Å². The van der Waals surface area contributed by atoms with Crippen molar-refractivity contribution >= 4 is 35.0 Å². The second kappa shape index (κ2) is 7.58. The standard InChI is InChI=1S/C12H18N2S.ClH/c1-4-15-12(13)14-11-8-6-5-7-10(11)9(2)3;/h5-9H,4H2,1-3H3,(H2,13,14);1H. The first-order valence-corrected chi connectivity index (χ1v) is 6.19. The van der Waals surface area contributed by atoms with Crippen molar-refractivity contribution in [2.24, 2.45) is 10.7 Å². The number of halogens is 1. The average Bonchev–Trinajstić information content (AvgIpc) is 2.18. The Morgan fingerprint density at radius 1 is 1.38 bits per heavy atom. The Hall–Kier alpha value is -0.670. The summed E-state index contributed by atoms with van der Waals surface area (Å²) in [5.74, 6) is 1.43. The fourth-order valence-electron chi connectivity index (χ4n) is 1.38. The van der Waals surface area contributed by atoms with Crippen LogP contribution in [0, 0.1) is 0 Å². The Balaban J connectivity index is 0.00000225. The summed E-state index contributed by atoms with van der Waals surface area (Å²) >= 11 is 1.57. The summed E-state index contributed by atoms with van der Waals surface area (Å²) in [6.45, 7) is 6.40. The molecule has 0 saturated carbocycles. The third-order valence-electron chi connectivity index (χ3n) is 2.08. The van der Waals surface area contributed by atoms with Gasteiger partial charge in [-0.1, -0.05) is 50.7 Å². The van der Waals surface area contributed by atoms with Crippen molar-refractivity contribution in [3.05, 3.63) is 29.8 Å². The van der Waals surface area contributed by atoms with Crippen molar-refractivity contribution in [3.63, 3.8) is 0 Å². The number of hydrogen-bond acceptors (Lipinski definition) is 2. The summed E-state index contributed by atoms with van der Waals surface area (Å²) in [5, 5.41) is 0.644. The fraction of sp³-hybridized carbons (Fsp3) is 0.417. The molecular formula is C12H19ClN2S. The summed E-state index contributed by atoms with van der Waals surface area (Å²) in [6, 6.07) is 8.15. The summed E-state index contributed by atoms with van der Waals surface area (Å²) in [4.78, 5) is 4.43. The molecule has 2 N–H and O–H groups in total. The number of amidine groups is 1. The first kappa shape index (κ1) is 15.3. The van der Waals surface area contributed by atoms with Crippen molar-refractivity contribution in [3.8, 4) is 0 Å². The lowest BCUT2D eigenvalue weighted by Gasteiger charge is -2.09. The van der Waals surface area contributed by atoms with Gasteiger partial charge in [0.1, 0.15) is 0 Å². The zero-order valence-electron chi connectivity index (χ0n) is 9.93. The molecule has 90 valence electrons. The summed E-state index contributed by atoms with van der Waals surface area (Å²) in [7, 11) is 0. The zero-order valence-corrected chi connectivity index (χ0v) is 11.6. The van der Waals surface area contributed by atoms with E-state index in [9.17, 15) is 0 Å². The molecule has 0 bridgehead atoms. The van der Waals surface area contributed by atoms with Crippen LogP contribution in [0.4, 0.5) is 5.69 Å². The highest BCUT2D eigenvalue weighted by Crippen LogP contribution is 2.26. The largest absolute Gasteiger partial charge is 0.378 e. The van der Waals surface area contributed by atoms with Crippen LogP contribution in [0.15, 0.2) is 29.3 Å². The maximum absolute atomic E-state index is 5.80. The molecule has 0 aliphatic heterocycles.